The number of rotatable bonds is 9. The van der Waals surface area contributed by atoms with Gasteiger partial charge in [0.15, 0.2) is 0 Å². The third-order valence-corrected chi connectivity index (χ3v) is 26.9. The zero-order valence-electron chi connectivity index (χ0n) is 46.2. The van der Waals surface area contributed by atoms with Crippen molar-refractivity contribution >= 4 is 0 Å². The third-order valence-electron chi connectivity index (χ3n) is 26.9. The molecule has 12 saturated carbocycles. The molecular formula is C70H114. The van der Waals surface area contributed by atoms with E-state index in [-0.39, 0.29) is 0 Å². The second kappa shape index (κ2) is 24.2. The van der Waals surface area contributed by atoms with Crippen molar-refractivity contribution in [2.45, 2.75) is 295 Å². The molecule has 12 rings (SSSR count). The largest absolute Gasteiger partial charge is 0.0822 e. The van der Waals surface area contributed by atoms with Crippen LogP contribution in [0.25, 0.3) is 0 Å². The van der Waals surface area contributed by atoms with E-state index in [0.717, 1.165) is 118 Å². The van der Waals surface area contributed by atoms with Gasteiger partial charge in [-0.25, -0.2) is 0 Å². The average Bonchev–Trinajstić information content (AvgIpc) is 3.44. The van der Waals surface area contributed by atoms with Gasteiger partial charge in [0.1, 0.15) is 0 Å². The lowest BCUT2D eigenvalue weighted by Crippen LogP contribution is -2.39. The number of hydrogen-bond donors (Lipinski definition) is 0. The summed E-state index contributed by atoms with van der Waals surface area (Å²) >= 11 is 0. The predicted molar refractivity (Wildman–Crippen MR) is 298 cm³/mol. The Morgan fingerprint density at radius 1 is 0.171 bits per heavy atom. The van der Waals surface area contributed by atoms with Gasteiger partial charge in [0, 0.05) is 0 Å². The summed E-state index contributed by atoms with van der Waals surface area (Å²) in [4.78, 5) is 0. The Morgan fingerprint density at radius 3 is 0.543 bits per heavy atom. The van der Waals surface area contributed by atoms with Gasteiger partial charge in [-0.3, -0.25) is 0 Å². The molecule has 12 fully saturated rings. The van der Waals surface area contributed by atoms with Crippen molar-refractivity contribution in [2.24, 2.45) is 118 Å². The van der Waals surface area contributed by atoms with Crippen LogP contribution in [0.5, 0.6) is 0 Å². The molecule has 12 aliphatic rings. The fourth-order valence-electron chi connectivity index (χ4n) is 22.6. The molecule has 8 unspecified atom stereocenters. The Labute approximate surface area is 434 Å². The van der Waals surface area contributed by atoms with Crippen LogP contribution in [-0.2, 0) is 0 Å². The summed E-state index contributed by atoms with van der Waals surface area (Å²) in [5.74, 6) is 21.7. The molecule has 0 amide bonds. The molecule has 12 aliphatic carbocycles. The molecule has 0 heteroatoms. The molecule has 0 saturated heterocycles. The van der Waals surface area contributed by atoms with Crippen molar-refractivity contribution in [3.05, 3.63) is 23.3 Å². The first-order chi connectivity index (χ1) is 34.6. The minimum absolute atomic E-state index is 0.938. The van der Waals surface area contributed by atoms with Gasteiger partial charge in [0.25, 0.3) is 0 Å². The van der Waals surface area contributed by atoms with E-state index >= 15 is 0 Å². The van der Waals surface area contributed by atoms with Gasteiger partial charge in [0.05, 0.1) is 0 Å². The first-order valence-corrected chi connectivity index (χ1v) is 34.0. The van der Waals surface area contributed by atoms with Crippen LogP contribution < -0.4 is 0 Å². The molecule has 0 radical (unpaired) electrons. The second-order valence-electron chi connectivity index (χ2n) is 30.2. The molecule has 70 heavy (non-hydrogen) atoms. The molecule has 0 N–H and O–H groups in total. The van der Waals surface area contributed by atoms with Crippen LogP contribution in [0.15, 0.2) is 23.3 Å². The predicted octanol–water partition coefficient (Wildman–Crippen LogP) is 21.3. The second-order valence-corrected chi connectivity index (χ2v) is 30.2. The maximum Gasteiger partial charge on any atom is -0.0231 e. The smallest absolute Gasteiger partial charge is 0.0231 e. The molecule has 394 valence electrons. The standard InChI is InChI=1S/C70H114/c1-3-7-49(8-4-1)43-51-11-15-53(16-12-51)55-19-23-57(24-20-55)59-27-31-61(32-28-59)63-35-37-67-47-69(41-39-65(67)45-63)70-42-40-66-46-64(36-38-68(66)48-70)62-33-29-60(30-34-62)58-25-21-56(22-26-58)54-17-13-52(14-18-54)44-50-9-5-2-6-10-50/h43-44,51-70H,1-42,45-48H2. The summed E-state index contributed by atoms with van der Waals surface area (Å²) in [5.41, 5.74) is 3.68. The van der Waals surface area contributed by atoms with Crippen LogP contribution >= 0.6 is 0 Å². The summed E-state index contributed by atoms with van der Waals surface area (Å²) in [7, 11) is 0. The maximum absolute atomic E-state index is 2.78. The van der Waals surface area contributed by atoms with Crippen LogP contribution in [-0.4, -0.2) is 0 Å². The van der Waals surface area contributed by atoms with Gasteiger partial charge in [-0.2, -0.15) is 0 Å². The molecule has 8 atom stereocenters. The number of hydrogen-bond acceptors (Lipinski definition) is 0. The maximum atomic E-state index is 2.78. The molecule has 0 bridgehead atoms. The highest BCUT2D eigenvalue weighted by Crippen LogP contribution is 2.57. The molecule has 0 aromatic rings. The minimum atomic E-state index is 0.938. The minimum Gasteiger partial charge on any atom is -0.0822 e. The van der Waals surface area contributed by atoms with Crippen molar-refractivity contribution in [3.8, 4) is 0 Å². The lowest BCUT2D eigenvalue weighted by atomic mass is 9.55. The number of allylic oxidation sites excluding steroid dienone is 4. The Kier molecular flexibility index (Phi) is 17.4. The van der Waals surface area contributed by atoms with Crippen LogP contribution in [0.2, 0.25) is 0 Å². The van der Waals surface area contributed by atoms with Gasteiger partial charge >= 0.3 is 0 Å². The quantitative estimate of drug-likeness (QED) is 0.202. The average molecular weight is 956 g/mol. The highest BCUT2D eigenvalue weighted by molar-refractivity contribution is 5.09. The first kappa shape index (κ1) is 50.3. The summed E-state index contributed by atoms with van der Waals surface area (Å²) in [6.45, 7) is 0. The van der Waals surface area contributed by atoms with E-state index in [9.17, 15) is 0 Å². The topological polar surface area (TPSA) is 0 Å². The van der Waals surface area contributed by atoms with Crippen LogP contribution in [0, 0.1) is 118 Å². The SMILES string of the molecule is C(=C1CCCCC1)C1CCC(C2CCC(C3CCC(C4CCC5CC(C6CCC7CC(C8CCC(C9CCC(C%10CCC(C=C%11CCCCC%11)CC%10)CC9)CC8)CCC7C6)CCC5C4)CC3)CC2)CC1. The molecule has 0 spiro atoms. The van der Waals surface area contributed by atoms with Crippen LogP contribution in [0.1, 0.15) is 295 Å². The first-order valence-electron chi connectivity index (χ1n) is 34.0. The van der Waals surface area contributed by atoms with Gasteiger partial charge in [-0.05, 0) is 401 Å². The van der Waals surface area contributed by atoms with E-state index in [4.69, 9.17) is 0 Å². The zero-order chi connectivity index (χ0) is 46.6. The van der Waals surface area contributed by atoms with E-state index in [0.29, 0.717) is 0 Å². The van der Waals surface area contributed by atoms with Crippen molar-refractivity contribution in [2.75, 3.05) is 0 Å². The zero-order valence-corrected chi connectivity index (χ0v) is 46.2. The monoisotopic (exact) mass is 955 g/mol. The fraction of sp³-hybridized carbons (Fsp3) is 0.943. The molecule has 0 aromatic carbocycles. The Hall–Kier alpha value is -0.520. The summed E-state index contributed by atoms with van der Waals surface area (Å²) in [5, 5.41) is 0. The van der Waals surface area contributed by atoms with Crippen molar-refractivity contribution in [3.63, 3.8) is 0 Å². The molecular weight excluding hydrogens is 841 g/mol. The van der Waals surface area contributed by atoms with Crippen LogP contribution in [0.3, 0.4) is 0 Å². The van der Waals surface area contributed by atoms with E-state index < -0.39 is 0 Å². The van der Waals surface area contributed by atoms with E-state index in [1.165, 1.54) is 89.9 Å². The lowest BCUT2D eigenvalue weighted by molar-refractivity contribution is 0.00734. The lowest BCUT2D eigenvalue weighted by Gasteiger charge is -2.50. The van der Waals surface area contributed by atoms with Gasteiger partial charge < -0.3 is 0 Å². The molecule has 0 heterocycles. The molecule has 0 aliphatic heterocycles. The van der Waals surface area contributed by atoms with Gasteiger partial charge in [0.2, 0.25) is 0 Å². The fourth-order valence-corrected chi connectivity index (χ4v) is 22.6. The van der Waals surface area contributed by atoms with Gasteiger partial charge in [-0.15, -0.1) is 0 Å². The van der Waals surface area contributed by atoms with E-state index in [1.807, 2.05) is 11.1 Å². The van der Waals surface area contributed by atoms with Gasteiger partial charge in [-0.1, -0.05) is 36.1 Å². The third kappa shape index (κ3) is 12.3. The highest BCUT2D eigenvalue weighted by atomic mass is 14.5. The molecule has 0 aromatic heterocycles. The Balaban J connectivity index is 0.512. The summed E-state index contributed by atoms with van der Waals surface area (Å²) < 4.78 is 0. The summed E-state index contributed by atoms with van der Waals surface area (Å²) in [6.07, 6.45) is 77.6. The number of fused-ring (bicyclic) bond motifs is 2. The Morgan fingerprint density at radius 2 is 0.329 bits per heavy atom. The van der Waals surface area contributed by atoms with Crippen LogP contribution in [0.4, 0.5) is 0 Å². The van der Waals surface area contributed by atoms with Crippen molar-refractivity contribution in [1.29, 1.82) is 0 Å². The normalized spacial score (nSPS) is 47.9. The summed E-state index contributed by atoms with van der Waals surface area (Å²) in [6, 6.07) is 0. The Bertz CT molecular complexity index is 1490. The van der Waals surface area contributed by atoms with E-state index in [2.05, 4.69) is 12.2 Å². The van der Waals surface area contributed by atoms with Crippen molar-refractivity contribution in [1.82, 2.24) is 0 Å². The highest BCUT2D eigenvalue weighted by Gasteiger charge is 2.45. The molecule has 0 nitrogen and oxygen atoms in total. The van der Waals surface area contributed by atoms with E-state index in [1.54, 1.807) is 205 Å². The van der Waals surface area contributed by atoms with Crippen molar-refractivity contribution < 1.29 is 0 Å².